The Morgan fingerprint density at radius 1 is 1.21 bits per heavy atom. The number of aromatic amines is 1. The molecule has 2 aromatic heterocycles. The molecule has 4 nitrogen and oxygen atoms in total. The molecule has 0 fully saturated rings. The predicted octanol–water partition coefficient (Wildman–Crippen LogP) is 3.55. The highest BCUT2D eigenvalue weighted by molar-refractivity contribution is 7.13. The van der Waals surface area contributed by atoms with Gasteiger partial charge >= 0.3 is 0 Å². The van der Waals surface area contributed by atoms with Gasteiger partial charge in [-0.15, -0.1) is 11.3 Å². The molecular weight excluding hydrogens is 256 g/mol. The van der Waals surface area contributed by atoms with Gasteiger partial charge in [-0.05, 0) is 12.0 Å². The summed E-state index contributed by atoms with van der Waals surface area (Å²) in [4.78, 5) is 8.70. The van der Waals surface area contributed by atoms with Crippen LogP contribution in [0.1, 0.15) is 18.9 Å². The Bertz CT molecular complexity index is 640. The van der Waals surface area contributed by atoms with Gasteiger partial charge in [0, 0.05) is 10.9 Å². The molecule has 5 heteroatoms. The monoisotopic (exact) mass is 270 g/mol. The van der Waals surface area contributed by atoms with E-state index in [1.807, 2.05) is 5.38 Å². The quantitative estimate of drug-likeness (QED) is 0.788. The van der Waals surface area contributed by atoms with Gasteiger partial charge in [0.2, 0.25) is 0 Å². The molecule has 1 aromatic carbocycles. The van der Waals surface area contributed by atoms with Crippen LogP contribution in [0.4, 0.5) is 0 Å². The number of aromatic nitrogens is 4. The summed E-state index contributed by atoms with van der Waals surface area (Å²) in [5.41, 5.74) is 3.50. The summed E-state index contributed by atoms with van der Waals surface area (Å²) in [7, 11) is 0. The second-order valence-corrected chi connectivity index (χ2v) is 5.18. The van der Waals surface area contributed by atoms with Gasteiger partial charge in [0.25, 0.3) is 0 Å². The number of aryl methyl sites for hydroxylation is 1. The van der Waals surface area contributed by atoms with Crippen molar-refractivity contribution < 1.29 is 0 Å². The average Bonchev–Trinajstić information content (AvgIpc) is 3.11. The van der Waals surface area contributed by atoms with Crippen molar-refractivity contribution in [3.05, 3.63) is 41.5 Å². The molecule has 0 saturated carbocycles. The van der Waals surface area contributed by atoms with Crippen molar-refractivity contribution in [2.24, 2.45) is 0 Å². The molecule has 3 aromatic rings. The lowest BCUT2D eigenvalue weighted by Crippen LogP contribution is -1.84. The van der Waals surface area contributed by atoms with Crippen LogP contribution in [-0.2, 0) is 6.42 Å². The number of thiazole rings is 1. The Balaban J connectivity index is 1.86. The minimum Gasteiger partial charge on any atom is -0.257 e. The van der Waals surface area contributed by atoms with Gasteiger partial charge in [-0.1, -0.05) is 37.6 Å². The van der Waals surface area contributed by atoms with Crippen molar-refractivity contribution in [1.29, 1.82) is 0 Å². The number of hydrogen-bond acceptors (Lipinski definition) is 4. The number of rotatable bonds is 4. The molecule has 0 bridgehead atoms. The van der Waals surface area contributed by atoms with Gasteiger partial charge in [0.1, 0.15) is 6.33 Å². The first-order valence-electron chi connectivity index (χ1n) is 6.27. The van der Waals surface area contributed by atoms with Crippen LogP contribution in [0.3, 0.4) is 0 Å². The summed E-state index contributed by atoms with van der Waals surface area (Å²) in [5.74, 6) is 0.721. The van der Waals surface area contributed by atoms with Crippen LogP contribution < -0.4 is 0 Å². The molecule has 3 rings (SSSR count). The third-order valence-corrected chi connectivity index (χ3v) is 3.76. The lowest BCUT2D eigenvalue weighted by atomic mass is 10.1. The topological polar surface area (TPSA) is 54.5 Å². The van der Waals surface area contributed by atoms with Crippen LogP contribution in [0.2, 0.25) is 0 Å². The maximum Gasteiger partial charge on any atom is 0.184 e. The predicted molar refractivity (Wildman–Crippen MR) is 76.9 cm³/mol. The van der Waals surface area contributed by atoms with Gasteiger partial charge < -0.3 is 0 Å². The third-order valence-electron chi connectivity index (χ3n) is 2.91. The summed E-state index contributed by atoms with van der Waals surface area (Å²) in [6.07, 6.45) is 3.79. The second-order valence-electron chi connectivity index (χ2n) is 4.32. The zero-order valence-corrected chi connectivity index (χ0v) is 11.4. The smallest absolute Gasteiger partial charge is 0.184 e. The van der Waals surface area contributed by atoms with Crippen molar-refractivity contribution >= 4 is 11.3 Å². The number of nitrogens with one attached hydrogen (secondary N) is 1. The zero-order valence-electron chi connectivity index (χ0n) is 10.6. The molecule has 0 amide bonds. The van der Waals surface area contributed by atoms with Crippen LogP contribution >= 0.6 is 11.3 Å². The Labute approximate surface area is 115 Å². The van der Waals surface area contributed by atoms with E-state index in [0.717, 1.165) is 28.5 Å². The van der Waals surface area contributed by atoms with Crippen molar-refractivity contribution in [3.8, 4) is 22.1 Å². The van der Waals surface area contributed by atoms with E-state index in [1.165, 1.54) is 18.3 Å². The number of nitrogens with zero attached hydrogens (tertiary/aromatic N) is 3. The molecule has 0 unspecified atom stereocenters. The second kappa shape index (κ2) is 5.32. The summed E-state index contributed by atoms with van der Waals surface area (Å²) in [5, 5.41) is 9.59. The van der Waals surface area contributed by atoms with E-state index in [1.54, 1.807) is 11.3 Å². The zero-order chi connectivity index (χ0) is 13.1. The van der Waals surface area contributed by atoms with Crippen LogP contribution in [0.15, 0.2) is 36.0 Å². The number of benzene rings is 1. The van der Waals surface area contributed by atoms with Gasteiger partial charge in [0.05, 0.1) is 5.69 Å². The SMILES string of the molecule is CCCc1ccc(-c2csc(-c3ncn[nH]3)n2)cc1. The number of hydrogen-bond donors (Lipinski definition) is 1. The highest BCUT2D eigenvalue weighted by Crippen LogP contribution is 2.26. The maximum atomic E-state index is 4.58. The first-order valence-corrected chi connectivity index (χ1v) is 7.15. The molecule has 0 aliphatic carbocycles. The maximum absolute atomic E-state index is 4.58. The van der Waals surface area contributed by atoms with Gasteiger partial charge in [-0.25, -0.2) is 9.97 Å². The first kappa shape index (κ1) is 12.0. The van der Waals surface area contributed by atoms with E-state index in [9.17, 15) is 0 Å². The molecule has 1 N–H and O–H groups in total. The summed E-state index contributed by atoms with van der Waals surface area (Å²) in [6.45, 7) is 2.19. The normalized spacial score (nSPS) is 10.8. The molecule has 0 spiro atoms. The standard InChI is InChI=1S/C14H14N4S/c1-2-3-10-4-6-11(7-5-10)12-8-19-14(17-12)13-15-9-16-18-13/h4-9H,2-3H2,1H3,(H,15,16,18). The Kier molecular flexibility index (Phi) is 3.37. The third kappa shape index (κ3) is 2.56. The van der Waals surface area contributed by atoms with E-state index in [0.29, 0.717) is 0 Å². The van der Waals surface area contributed by atoms with E-state index < -0.39 is 0 Å². The summed E-state index contributed by atoms with van der Waals surface area (Å²) >= 11 is 1.57. The highest BCUT2D eigenvalue weighted by Gasteiger charge is 2.08. The summed E-state index contributed by atoms with van der Waals surface area (Å²) < 4.78 is 0. The van der Waals surface area contributed by atoms with Gasteiger partial charge in [0.15, 0.2) is 10.8 Å². The fraction of sp³-hybridized carbons (Fsp3) is 0.214. The van der Waals surface area contributed by atoms with Gasteiger partial charge in [-0.2, -0.15) is 5.10 Å². The lowest BCUT2D eigenvalue weighted by molar-refractivity contribution is 0.922. The van der Waals surface area contributed by atoms with Crippen molar-refractivity contribution in [2.45, 2.75) is 19.8 Å². The molecule has 96 valence electrons. The van der Waals surface area contributed by atoms with Crippen molar-refractivity contribution in [2.75, 3.05) is 0 Å². The Morgan fingerprint density at radius 3 is 2.74 bits per heavy atom. The molecule has 2 heterocycles. The molecule has 0 saturated heterocycles. The molecule has 0 aliphatic rings. The first-order chi connectivity index (χ1) is 9.36. The van der Waals surface area contributed by atoms with Crippen LogP contribution in [0.25, 0.3) is 22.1 Å². The highest BCUT2D eigenvalue weighted by atomic mass is 32.1. The molecule has 0 aliphatic heterocycles. The fourth-order valence-corrected chi connectivity index (χ4v) is 2.73. The minimum absolute atomic E-state index is 0.721. The Morgan fingerprint density at radius 2 is 2.05 bits per heavy atom. The van der Waals surface area contributed by atoms with Crippen molar-refractivity contribution in [3.63, 3.8) is 0 Å². The van der Waals surface area contributed by atoms with E-state index in [2.05, 4.69) is 51.4 Å². The largest absolute Gasteiger partial charge is 0.257 e. The summed E-state index contributed by atoms with van der Waals surface area (Å²) in [6, 6.07) is 8.60. The van der Waals surface area contributed by atoms with E-state index >= 15 is 0 Å². The molecule has 0 radical (unpaired) electrons. The van der Waals surface area contributed by atoms with E-state index in [-0.39, 0.29) is 0 Å². The molecule has 0 atom stereocenters. The van der Waals surface area contributed by atoms with Crippen LogP contribution in [0, 0.1) is 0 Å². The van der Waals surface area contributed by atoms with Crippen LogP contribution in [-0.4, -0.2) is 20.2 Å². The molecule has 19 heavy (non-hydrogen) atoms. The Hall–Kier alpha value is -2.01. The van der Waals surface area contributed by atoms with Crippen molar-refractivity contribution in [1.82, 2.24) is 20.2 Å². The van der Waals surface area contributed by atoms with Gasteiger partial charge in [-0.3, -0.25) is 5.10 Å². The van der Waals surface area contributed by atoms with E-state index in [4.69, 9.17) is 0 Å². The molecular formula is C14H14N4S. The van der Waals surface area contributed by atoms with Crippen LogP contribution in [0.5, 0.6) is 0 Å². The minimum atomic E-state index is 0.721. The fourth-order valence-electron chi connectivity index (χ4n) is 1.95. The average molecular weight is 270 g/mol. The number of H-pyrrole nitrogens is 1. The lowest BCUT2D eigenvalue weighted by Gasteiger charge is -2.00.